The van der Waals surface area contributed by atoms with Crippen molar-refractivity contribution >= 4 is 35.0 Å². The van der Waals surface area contributed by atoms with Gasteiger partial charge in [0.05, 0.1) is 17.7 Å². The molecular weight excluding hydrogens is 410 g/mol. The van der Waals surface area contributed by atoms with E-state index < -0.39 is 10.8 Å². The molecular formula is C21H14ClN3O5. The van der Waals surface area contributed by atoms with Crippen LogP contribution in [-0.4, -0.2) is 17.9 Å². The first kappa shape index (κ1) is 20.6. The van der Waals surface area contributed by atoms with Crippen molar-refractivity contribution < 1.29 is 18.9 Å². The molecule has 1 heterocycles. The second kappa shape index (κ2) is 8.94. The van der Waals surface area contributed by atoms with Crippen molar-refractivity contribution in [3.8, 4) is 23.1 Å². The molecule has 1 N–H and O–H groups in total. The summed E-state index contributed by atoms with van der Waals surface area (Å²) in [5, 5.41) is 23.4. The number of nitriles is 1. The highest BCUT2D eigenvalue weighted by molar-refractivity contribution is 6.30. The molecule has 150 valence electrons. The molecule has 0 spiro atoms. The summed E-state index contributed by atoms with van der Waals surface area (Å²) in [7, 11) is 1.36. The molecule has 0 saturated heterocycles. The van der Waals surface area contributed by atoms with Gasteiger partial charge < -0.3 is 14.5 Å². The molecule has 0 aliphatic carbocycles. The van der Waals surface area contributed by atoms with Gasteiger partial charge in [0.25, 0.3) is 11.6 Å². The highest BCUT2D eigenvalue weighted by Gasteiger charge is 2.17. The number of carbonyl (C=O) groups excluding carboxylic acids is 1. The molecule has 0 radical (unpaired) electrons. The maximum Gasteiger partial charge on any atom is 0.271 e. The van der Waals surface area contributed by atoms with Crippen LogP contribution in [0.1, 0.15) is 5.76 Å². The molecule has 3 aromatic rings. The van der Waals surface area contributed by atoms with Crippen molar-refractivity contribution in [1.82, 2.24) is 0 Å². The Morgan fingerprint density at radius 2 is 2.07 bits per heavy atom. The first-order valence-electron chi connectivity index (χ1n) is 8.52. The molecule has 1 aromatic heterocycles. The molecule has 0 aliphatic rings. The van der Waals surface area contributed by atoms with Crippen molar-refractivity contribution in [3.05, 3.63) is 81.1 Å². The van der Waals surface area contributed by atoms with Gasteiger partial charge in [0.1, 0.15) is 28.9 Å². The lowest BCUT2D eigenvalue weighted by molar-refractivity contribution is -0.384. The Morgan fingerprint density at radius 1 is 1.27 bits per heavy atom. The Bertz CT molecular complexity index is 1190. The van der Waals surface area contributed by atoms with Crippen molar-refractivity contribution in [2.24, 2.45) is 0 Å². The SMILES string of the molecule is COc1ccc([N+](=O)[O-])cc1NC(=O)C(C#N)=Cc1ccc(-c2cccc(Cl)c2)o1. The Morgan fingerprint density at radius 3 is 2.73 bits per heavy atom. The van der Waals surface area contributed by atoms with Crippen LogP contribution in [0.4, 0.5) is 11.4 Å². The number of benzene rings is 2. The Labute approximate surface area is 176 Å². The summed E-state index contributed by atoms with van der Waals surface area (Å²) in [6.45, 7) is 0. The number of hydrogen-bond acceptors (Lipinski definition) is 6. The molecule has 9 heteroatoms. The molecule has 3 rings (SSSR count). The second-order valence-electron chi connectivity index (χ2n) is 5.98. The van der Waals surface area contributed by atoms with E-state index >= 15 is 0 Å². The van der Waals surface area contributed by atoms with E-state index in [-0.39, 0.29) is 28.5 Å². The van der Waals surface area contributed by atoms with E-state index in [2.05, 4.69) is 5.32 Å². The highest BCUT2D eigenvalue weighted by Crippen LogP contribution is 2.30. The minimum atomic E-state index is -0.767. The number of amides is 1. The molecule has 30 heavy (non-hydrogen) atoms. The zero-order chi connectivity index (χ0) is 21.7. The predicted octanol–water partition coefficient (Wildman–Crippen LogP) is 5.06. The summed E-state index contributed by atoms with van der Waals surface area (Å²) in [6, 6.07) is 15.9. The number of anilines is 1. The zero-order valence-corrected chi connectivity index (χ0v) is 16.3. The number of nitrogens with one attached hydrogen (secondary N) is 1. The van der Waals surface area contributed by atoms with E-state index in [1.54, 1.807) is 36.4 Å². The average Bonchev–Trinajstić information content (AvgIpc) is 3.20. The lowest BCUT2D eigenvalue weighted by Gasteiger charge is -2.09. The van der Waals surface area contributed by atoms with E-state index in [0.29, 0.717) is 10.8 Å². The van der Waals surface area contributed by atoms with Gasteiger partial charge in [-0.3, -0.25) is 14.9 Å². The van der Waals surface area contributed by atoms with E-state index in [4.69, 9.17) is 20.8 Å². The summed E-state index contributed by atoms with van der Waals surface area (Å²) >= 11 is 5.98. The second-order valence-corrected chi connectivity index (χ2v) is 6.41. The van der Waals surface area contributed by atoms with Crippen LogP contribution in [0.25, 0.3) is 17.4 Å². The first-order valence-corrected chi connectivity index (χ1v) is 8.90. The van der Waals surface area contributed by atoms with Gasteiger partial charge in [0.15, 0.2) is 0 Å². The Balaban J connectivity index is 1.85. The molecule has 0 atom stereocenters. The fourth-order valence-electron chi connectivity index (χ4n) is 2.62. The number of non-ortho nitro benzene ring substituents is 1. The maximum absolute atomic E-state index is 12.5. The third-order valence-corrected chi connectivity index (χ3v) is 4.26. The highest BCUT2D eigenvalue weighted by atomic mass is 35.5. The fraction of sp³-hybridized carbons (Fsp3) is 0.0476. The molecule has 0 aliphatic heterocycles. The van der Waals surface area contributed by atoms with E-state index in [9.17, 15) is 20.2 Å². The minimum absolute atomic E-state index is 0.0666. The summed E-state index contributed by atoms with van der Waals surface area (Å²) < 4.78 is 10.8. The van der Waals surface area contributed by atoms with E-state index in [1.807, 2.05) is 6.07 Å². The monoisotopic (exact) mass is 423 g/mol. The summed E-state index contributed by atoms with van der Waals surface area (Å²) in [5.74, 6) is 0.244. The number of furan rings is 1. The van der Waals surface area contributed by atoms with Crippen molar-refractivity contribution in [3.63, 3.8) is 0 Å². The number of hydrogen-bond donors (Lipinski definition) is 1. The third-order valence-electron chi connectivity index (χ3n) is 4.03. The minimum Gasteiger partial charge on any atom is -0.495 e. The number of nitro groups is 1. The Hall–Kier alpha value is -4.09. The van der Waals surface area contributed by atoms with Gasteiger partial charge in [0, 0.05) is 28.8 Å². The molecule has 8 nitrogen and oxygen atoms in total. The molecule has 2 aromatic carbocycles. The number of methoxy groups -OCH3 is 1. The number of ether oxygens (including phenoxy) is 1. The van der Waals surface area contributed by atoms with Gasteiger partial charge in [-0.15, -0.1) is 0 Å². The van der Waals surface area contributed by atoms with Crippen LogP contribution < -0.4 is 10.1 Å². The number of carbonyl (C=O) groups is 1. The largest absolute Gasteiger partial charge is 0.495 e. The van der Waals surface area contributed by atoms with Crippen LogP contribution in [0.2, 0.25) is 5.02 Å². The Kier molecular flexibility index (Phi) is 6.15. The molecule has 0 bridgehead atoms. The molecule has 1 amide bonds. The normalized spacial score (nSPS) is 10.9. The smallest absolute Gasteiger partial charge is 0.271 e. The fourth-order valence-corrected chi connectivity index (χ4v) is 2.81. The van der Waals surface area contributed by atoms with Crippen LogP contribution in [0.3, 0.4) is 0 Å². The van der Waals surface area contributed by atoms with Crippen molar-refractivity contribution in [2.45, 2.75) is 0 Å². The number of halogens is 1. The van der Waals surface area contributed by atoms with E-state index in [1.165, 1.54) is 25.3 Å². The maximum atomic E-state index is 12.5. The lowest BCUT2D eigenvalue weighted by Crippen LogP contribution is -2.14. The number of rotatable bonds is 6. The lowest BCUT2D eigenvalue weighted by atomic mass is 10.2. The zero-order valence-electron chi connectivity index (χ0n) is 15.6. The van der Waals surface area contributed by atoms with Crippen molar-refractivity contribution in [1.29, 1.82) is 5.26 Å². The standard InChI is InChI=1S/C21H14ClN3O5/c1-29-20-7-5-16(25(27)28)11-18(20)24-21(26)14(12-23)10-17-6-8-19(30-17)13-3-2-4-15(22)9-13/h2-11H,1H3,(H,24,26). The van der Waals surface area contributed by atoms with Crippen LogP contribution in [0, 0.1) is 21.4 Å². The predicted molar refractivity (Wildman–Crippen MR) is 111 cm³/mol. The van der Waals surface area contributed by atoms with Crippen LogP contribution in [0.5, 0.6) is 5.75 Å². The van der Waals surface area contributed by atoms with Crippen LogP contribution in [0.15, 0.2) is 64.6 Å². The van der Waals surface area contributed by atoms with Crippen LogP contribution >= 0.6 is 11.6 Å². The van der Waals surface area contributed by atoms with Gasteiger partial charge in [-0.05, 0) is 30.3 Å². The van der Waals surface area contributed by atoms with Gasteiger partial charge in [-0.1, -0.05) is 23.7 Å². The summed E-state index contributed by atoms with van der Waals surface area (Å²) in [4.78, 5) is 22.9. The van der Waals surface area contributed by atoms with Gasteiger partial charge in [-0.2, -0.15) is 5.26 Å². The topological polar surface area (TPSA) is 118 Å². The van der Waals surface area contributed by atoms with Crippen LogP contribution in [-0.2, 0) is 4.79 Å². The third kappa shape index (κ3) is 4.66. The number of nitrogens with zero attached hydrogens (tertiary/aromatic N) is 2. The summed E-state index contributed by atoms with van der Waals surface area (Å²) in [5.41, 5.74) is 0.324. The van der Waals surface area contributed by atoms with Crippen molar-refractivity contribution in [2.75, 3.05) is 12.4 Å². The number of nitro benzene ring substituents is 1. The van der Waals surface area contributed by atoms with Gasteiger partial charge in [-0.25, -0.2) is 0 Å². The van der Waals surface area contributed by atoms with Gasteiger partial charge >= 0.3 is 0 Å². The first-order chi connectivity index (χ1) is 14.4. The molecule has 0 saturated carbocycles. The van der Waals surface area contributed by atoms with Gasteiger partial charge in [0.2, 0.25) is 0 Å². The molecule has 0 fully saturated rings. The average molecular weight is 424 g/mol. The van der Waals surface area contributed by atoms with E-state index in [0.717, 1.165) is 11.6 Å². The quantitative estimate of drug-likeness (QED) is 0.256. The molecule has 0 unspecified atom stereocenters. The summed E-state index contributed by atoms with van der Waals surface area (Å²) in [6.07, 6.45) is 1.27.